The molecule has 82 valence electrons. The minimum atomic E-state index is -0.258. The third-order valence-electron chi connectivity index (χ3n) is 2.52. The highest BCUT2D eigenvalue weighted by molar-refractivity contribution is 5.80. The monoisotopic (exact) mass is 199 g/mol. The molecule has 1 aliphatic carbocycles. The Balaban J connectivity index is 2.37. The van der Waals surface area contributed by atoms with Gasteiger partial charge in [0.05, 0.1) is 6.04 Å². The summed E-state index contributed by atoms with van der Waals surface area (Å²) in [5, 5.41) is 3.18. The van der Waals surface area contributed by atoms with Crippen molar-refractivity contribution in [3.63, 3.8) is 0 Å². The Kier molecular flexibility index (Phi) is 3.89. The Bertz CT molecular complexity index is 202. The van der Waals surface area contributed by atoms with Gasteiger partial charge in [-0.15, -0.1) is 0 Å². The van der Waals surface area contributed by atoms with Gasteiger partial charge in [0.1, 0.15) is 0 Å². The Labute approximate surface area is 85.8 Å². The van der Waals surface area contributed by atoms with Crippen LogP contribution in [-0.2, 0) is 4.79 Å². The van der Waals surface area contributed by atoms with E-state index in [-0.39, 0.29) is 11.9 Å². The second-order valence-electron chi connectivity index (χ2n) is 4.45. The van der Waals surface area contributed by atoms with Crippen molar-refractivity contribution in [1.29, 1.82) is 0 Å². The molecule has 0 bridgehead atoms. The first-order valence-corrected chi connectivity index (χ1v) is 5.26. The molecule has 1 atom stereocenters. The Hall–Kier alpha value is -0.610. The van der Waals surface area contributed by atoms with Gasteiger partial charge in [0, 0.05) is 18.6 Å². The summed E-state index contributed by atoms with van der Waals surface area (Å²) in [6.07, 6.45) is 2.51. The molecule has 0 aromatic heterocycles. The predicted molar refractivity (Wildman–Crippen MR) is 56.9 cm³/mol. The number of amides is 1. The molecule has 1 unspecified atom stereocenters. The summed E-state index contributed by atoms with van der Waals surface area (Å²) in [7, 11) is 2.05. The second kappa shape index (κ2) is 4.75. The van der Waals surface area contributed by atoms with Crippen LogP contribution >= 0.6 is 0 Å². The molecular formula is C10H21N3O. The number of rotatable bonds is 6. The lowest BCUT2D eigenvalue weighted by molar-refractivity contribution is -0.120. The molecule has 1 aliphatic rings. The van der Waals surface area contributed by atoms with E-state index in [1.165, 1.54) is 12.8 Å². The lowest BCUT2D eigenvalue weighted by Gasteiger charge is -2.24. The quantitative estimate of drug-likeness (QED) is 0.629. The number of hydrogen-bond donors (Lipinski definition) is 2. The van der Waals surface area contributed by atoms with E-state index in [9.17, 15) is 4.79 Å². The van der Waals surface area contributed by atoms with E-state index in [4.69, 9.17) is 5.73 Å². The zero-order chi connectivity index (χ0) is 10.7. The molecule has 1 rings (SSSR count). The fraction of sp³-hybridized carbons (Fsp3) is 0.900. The van der Waals surface area contributed by atoms with Gasteiger partial charge < -0.3 is 16.0 Å². The van der Waals surface area contributed by atoms with Gasteiger partial charge in [0.25, 0.3) is 0 Å². The number of nitrogens with two attached hydrogens (primary N) is 1. The number of carbonyl (C=O) groups is 1. The maximum atomic E-state index is 11.1. The molecule has 0 aromatic carbocycles. The van der Waals surface area contributed by atoms with Crippen LogP contribution in [0.5, 0.6) is 0 Å². The van der Waals surface area contributed by atoms with Crippen molar-refractivity contribution in [2.45, 2.75) is 44.8 Å². The van der Waals surface area contributed by atoms with Crippen molar-refractivity contribution < 1.29 is 4.79 Å². The number of primary amides is 1. The first-order chi connectivity index (χ1) is 6.50. The third-order valence-corrected chi connectivity index (χ3v) is 2.52. The maximum absolute atomic E-state index is 11.1. The molecule has 0 radical (unpaired) electrons. The van der Waals surface area contributed by atoms with Crippen LogP contribution in [0.1, 0.15) is 26.7 Å². The van der Waals surface area contributed by atoms with Crippen molar-refractivity contribution in [2.75, 3.05) is 13.6 Å². The van der Waals surface area contributed by atoms with Gasteiger partial charge in [-0.1, -0.05) is 13.8 Å². The number of nitrogens with zero attached hydrogens (tertiary/aromatic N) is 1. The number of likely N-dealkylation sites (N-methyl/N-ethyl adjacent to an activating group) is 1. The van der Waals surface area contributed by atoms with Gasteiger partial charge in [-0.05, 0) is 19.9 Å². The van der Waals surface area contributed by atoms with Gasteiger partial charge in [-0.3, -0.25) is 4.79 Å². The summed E-state index contributed by atoms with van der Waals surface area (Å²) < 4.78 is 0. The van der Waals surface area contributed by atoms with Crippen molar-refractivity contribution >= 4 is 5.91 Å². The number of carbonyl (C=O) groups excluding carboxylic acids is 1. The lowest BCUT2D eigenvalue weighted by Crippen LogP contribution is -2.50. The first kappa shape index (κ1) is 11.5. The molecule has 0 spiro atoms. The van der Waals surface area contributed by atoms with E-state index in [0.717, 1.165) is 6.54 Å². The number of nitrogens with one attached hydrogen (secondary N) is 1. The van der Waals surface area contributed by atoms with Gasteiger partial charge in [-0.25, -0.2) is 0 Å². The summed E-state index contributed by atoms with van der Waals surface area (Å²) >= 11 is 0. The fourth-order valence-corrected chi connectivity index (χ4v) is 1.58. The average molecular weight is 199 g/mol. The van der Waals surface area contributed by atoms with Gasteiger partial charge in [0.15, 0.2) is 0 Å². The Morgan fingerprint density at radius 2 is 2.14 bits per heavy atom. The normalized spacial score (nSPS) is 18.9. The van der Waals surface area contributed by atoms with Gasteiger partial charge in [0.2, 0.25) is 5.91 Å². The molecule has 0 aromatic rings. The lowest BCUT2D eigenvalue weighted by atomic mass is 10.2. The largest absolute Gasteiger partial charge is 0.368 e. The topological polar surface area (TPSA) is 58.4 Å². The van der Waals surface area contributed by atoms with E-state index in [2.05, 4.69) is 17.3 Å². The zero-order valence-corrected chi connectivity index (χ0v) is 9.29. The van der Waals surface area contributed by atoms with E-state index in [0.29, 0.717) is 12.1 Å². The highest BCUT2D eigenvalue weighted by Gasteiger charge is 2.29. The van der Waals surface area contributed by atoms with Crippen molar-refractivity contribution in [3.05, 3.63) is 0 Å². The minimum absolute atomic E-state index is 0.222. The van der Waals surface area contributed by atoms with E-state index in [1.54, 1.807) is 0 Å². The van der Waals surface area contributed by atoms with Gasteiger partial charge in [-0.2, -0.15) is 0 Å². The number of hydrogen-bond acceptors (Lipinski definition) is 3. The summed E-state index contributed by atoms with van der Waals surface area (Å²) in [6.45, 7) is 4.76. The van der Waals surface area contributed by atoms with E-state index in [1.807, 2.05) is 13.8 Å². The van der Waals surface area contributed by atoms with Gasteiger partial charge >= 0.3 is 0 Å². The summed E-state index contributed by atoms with van der Waals surface area (Å²) in [4.78, 5) is 13.4. The van der Waals surface area contributed by atoms with Crippen LogP contribution in [0, 0.1) is 0 Å². The minimum Gasteiger partial charge on any atom is -0.368 e. The van der Waals surface area contributed by atoms with Crippen LogP contribution in [-0.4, -0.2) is 42.5 Å². The van der Waals surface area contributed by atoms with Crippen LogP contribution in [0.15, 0.2) is 0 Å². The predicted octanol–water partition coefficient (Wildman–Crippen LogP) is -0.0675. The molecule has 3 N–H and O–H groups in total. The molecule has 1 fully saturated rings. The molecule has 1 saturated carbocycles. The summed E-state index contributed by atoms with van der Waals surface area (Å²) in [6, 6.07) is 0.742. The first-order valence-electron chi connectivity index (χ1n) is 5.26. The van der Waals surface area contributed by atoms with Crippen LogP contribution < -0.4 is 11.1 Å². The molecule has 1 amide bonds. The van der Waals surface area contributed by atoms with Crippen LogP contribution in [0.4, 0.5) is 0 Å². The third kappa shape index (κ3) is 3.64. The molecule has 4 heteroatoms. The fourth-order valence-electron chi connectivity index (χ4n) is 1.58. The standard InChI is InChI=1S/C10H21N3O/c1-7(2)12-9(10(11)14)6-13(3)8-4-5-8/h7-9,12H,4-6H2,1-3H3,(H2,11,14). The highest BCUT2D eigenvalue weighted by atomic mass is 16.1. The summed E-state index contributed by atoms with van der Waals surface area (Å²) in [5.41, 5.74) is 5.33. The van der Waals surface area contributed by atoms with Crippen LogP contribution in [0.2, 0.25) is 0 Å². The molecule has 14 heavy (non-hydrogen) atoms. The second-order valence-corrected chi connectivity index (χ2v) is 4.45. The average Bonchev–Trinajstić information content (AvgIpc) is 2.83. The van der Waals surface area contributed by atoms with Crippen molar-refractivity contribution in [3.8, 4) is 0 Å². The molecule has 0 saturated heterocycles. The van der Waals surface area contributed by atoms with E-state index >= 15 is 0 Å². The molecular weight excluding hydrogens is 178 g/mol. The SMILES string of the molecule is CC(C)NC(CN(C)C1CC1)C(N)=O. The van der Waals surface area contributed by atoms with Crippen molar-refractivity contribution in [2.24, 2.45) is 5.73 Å². The Morgan fingerprint density at radius 3 is 2.50 bits per heavy atom. The molecule has 0 heterocycles. The Morgan fingerprint density at radius 1 is 1.57 bits per heavy atom. The van der Waals surface area contributed by atoms with Crippen molar-refractivity contribution in [1.82, 2.24) is 10.2 Å². The van der Waals surface area contributed by atoms with E-state index < -0.39 is 0 Å². The smallest absolute Gasteiger partial charge is 0.235 e. The van der Waals surface area contributed by atoms with Crippen LogP contribution in [0.25, 0.3) is 0 Å². The highest BCUT2D eigenvalue weighted by Crippen LogP contribution is 2.25. The maximum Gasteiger partial charge on any atom is 0.235 e. The summed E-state index contributed by atoms with van der Waals surface area (Å²) in [5.74, 6) is -0.258. The zero-order valence-electron chi connectivity index (χ0n) is 9.29. The molecule has 0 aliphatic heterocycles. The van der Waals surface area contributed by atoms with Crippen LogP contribution in [0.3, 0.4) is 0 Å². The molecule has 4 nitrogen and oxygen atoms in total.